The van der Waals surface area contributed by atoms with Crippen molar-refractivity contribution < 1.29 is 17.9 Å². The second kappa shape index (κ2) is 8.63. The van der Waals surface area contributed by atoms with Crippen molar-refractivity contribution in [3.63, 3.8) is 0 Å². The molecule has 0 bridgehead atoms. The van der Waals surface area contributed by atoms with Crippen molar-refractivity contribution >= 4 is 21.6 Å². The lowest BCUT2D eigenvalue weighted by Crippen LogP contribution is -2.30. The summed E-state index contributed by atoms with van der Waals surface area (Å²) >= 11 is 0. The van der Waals surface area contributed by atoms with E-state index in [1.807, 2.05) is 6.92 Å². The molecule has 0 saturated heterocycles. The normalized spacial score (nSPS) is 11.1. The lowest BCUT2D eigenvalue weighted by atomic mass is 10.2. The Morgan fingerprint density at radius 2 is 2.10 bits per heavy atom. The third-order valence-corrected chi connectivity index (χ3v) is 3.43. The van der Waals surface area contributed by atoms with E-state index >= 15 is 0 Å². The second-order valence-electron chi connectivity index (χ2n) is 4.70. The summed E-state index contributed by atoms with van der Waals surface area (Å²) in [6.45, 7) is 3.72. The summed E-state index contributed by atoms with van der Waals surface area (Å²) in [6.07, 6.45) is 1.92. The first-order valence-electron chi connectivity index (χ1n) is 6.80. The van der Waals surface area contributed by atoms with Gasteiger partial charge in [0.05, 0.1) is 5.75 Å². The van der Waals surface area contributed by atoms with Gasteiger partial charge in [-0.15, -0.1) is 0 Å². The van der Waals surface area contributed by atoms with Gasteiger partial charge in [-0.1, -0.05) is 12.1 Å². The van der Waals surface area contributed by atoms with Crippen LogP contribution in [0.1, 0.15) is 18.9 Å². The van der Waals surface area contributed by atoms with Gasteiger partial charge < -0.3 is 15.4 Å². The van der Waals surface area contributed by atoms with Gasteiger partial charge in [0, 0.05) is 31.7 Å². The van der Waals surface area contributed by atoms with Crippen LogP contribution in [0.2, 0.25) is 0 Å². The third-order valence-electron chi connectivity index (χ3n) is 2.57. The summed E-state index contributed by atoms with van der Waals surface area (Å²) in [5.74, 6) is -0.0432. The number of hydrogen-bond donors (Lipinski definition) is 2. The number of anilines is 1. The Morgan fingerprint density at radius 1 is 1.33 bits per heavy atom. The first-order valence-corrected chi connectivity index (χ1v) is 8.86. The Morgan fingerprint density at radius 3 is 2.76 bits per heavy atom. The molecule has 0 heterocycles. The maximum absolute atomic E-state index is 11.7. The van der Waals surface area contributed by atoms with Crippen molar-refractivity contribution in [1.82, 2.24) is 5.32 Å². The van der Waals surface area contributed by atoms with Crippen molar-refractivity contribution in [3.05, 3.63) is 29.8 Å². The summed E-state index contributed by atoms with van der Waals surface area (Å²) in [5.41, 5.74) is 1.21. The van der Waals surface area contributed by atoms with Crippen molar-refractivity contribution in [1.29, 1.82) is 0 Å². The maximum Gasteiger partial charge on any atom is 0.319 e. The zero-order chi connectivity index (χ0) is 15.7. The number of benzene rings is 1. The molecule has 0 aliphatic heterocycles. The van der Waals surface area contributed by atoms with Gasteiger partial charge >= 0.3 is 6.03 Å². The second-order valence-corrected chi connectivity index (χ2v) is 6.84. The topological polar surface area (TPSA) is 84.5 Å². The van der Waals surface area contributed by atoms with E-state index in [1.165, 1.54) is 6.26 Å². The molecule has 6 nitrogen and oxygen atoms in total. The fourth-order valence-corrected chi connectivity index (χ4v) is 2.52. The number of nitrogens with one attached hydrogen (secondary N) is 2. The highest BCUT2D eigenvalue weighted by Gasteiger charge is 2.06. The molecule has 1 aromatic rings. The molecule has 7 heteroatoms. The molecule has 1 rings (SSSR count). The highest BCUT2D eigenvalue weighted by atomic mass is 32.2. The van der Waals surface area contributed by atoms with Gasteiger partial charge in [0.2, 0.25) is 0 Å². The van der Waals surface area contributed by atoms with E-state index in [2.05, 4.69) is 10.6 Å². The SMILES string of the molecule is CCOCCCNC(=O)Nc1cccc(CS(C)(=O)=O)c1. The fourth-order valence-electron chi connectivity index (χ4n) is 1.74. The Balaban J connectivity index is 2.43. The van der Waals surface area contributed by atoms with Gasteiger partial charge in [-0.25, -0.2) is 13.2 Å². The molecule has 2 amide bonds. The van der Waals surface area contributed by atoms with E-state index in [9.17, 15) is 13.2 Å². The number of ether oxygens (including phenoxy) is 1. The molecule has 1 aromatic carbocycles. The van der Waals surface area contributed by atoms with Gasteiger partial charge in [-0.3, -0.25) is 0 Å². The van der Waals surface area contributed by atoms with Gasteiger partial charge in [-0.05, 0) is 31.0 Å². The highest BCUT2D eigenvalue weighted by Crippen LogP contribution is 2.12. The zero-order valence-corrected chi connectivity index (χ0v) is 13.2. The molecule has 21 heavy (non-hydrogen) atoms. The van der Waals surface area contributed by atoms with Crippen molar-refractivity contribution in [2.24, 2.45) is 0 Å². The average Bonchev–Trinajstić information content (AvgIpc) is 2.37. The Kier molecular flexibility index (Phi) is 7.18. The van der Waals surface area contributed by atoms with Crippen molar-refractivity contribution in [2.45, 2.75) is 19.1 Å². The van der Waals surface area contributed by atoms with E-state index in [0.29, 0.717) is 31.0 Å². The molecule has 0 aliphatic rings. The quantitative estimate of drug-likeness (QED) is 0.716. The standard InChI is InChI=1S/C14H22N2O4S/c1-3-20-9-5-8-15-14(17)16-13-7-4-6-12(10-13)11-21(2,18)19/h4,6-7,10H,3,5,8-9,11H2,1-2H3,(H2,15,16,17). The minimum atomic E-state index is -3.09. The predicted octanol–water partition coefficient (Wildman–Crippen LogP) is 1.78. The Bertz CT molecular complexity index is 558. The fraction of sp³-hybridized carbons (Fsp3) is 0.500. The molecule has 0 aromatic heterocycles. The molecule has 0 radical (unpaired) electrons. The van der Waals surface area contributed by atoms with Crippen LogP contribution in [0, 0.1) is 0 Å². The molecular weight excluding hydrogens is 292 g/mol. The van der Waals surface area contributed by atoms with Gasteiger partial charge in [0.25, 0.3) is 0 Å². The molecule has 0 unspecified atom stereocenters. The average molecular weight is 314 g/mol. The Hall–Kier alpha value is -1.60. The van der Waals surface area contributed by atoms with Crippen molar-refractivity contribution in [3.8, 4) is 0 Å². The number of hydrogen-bond acceptors (Lipinski definition) is 4. The van der Waals surface area contributed by atoms with E-state index < -0.39 is 9.84 Å². The molecule has 0 atom stereocenters. The number of amides is 2. The zero-order valence-electron chi connectivity index (χ0n) is 12.4. The Labute approximate surface area is 125 Å². The van der Waals surface area contributed by atoms with Gasteiger partial charge in [-0.2, -0.15) is 0 Å². The van der Waals surface area contributed by atoms with Crippen LogP contribution in [-0.2, 0) is 20.3 Å². The summed E-state index contributed by atoms with van der Waals surface area (Å²) in [5, 5.41) is 5.38. The number of carbonyl (C=O) groups excluding carboxylic acids is 1. The number of urea groups is 1. The van der Waals surface area contributed by atoms with Crippen LogP contribution >= 0.6 is 0 Å². The van der Waals surface area contributed by atoms with Crippen LogP contribution in [0.3, 0.4) is 0 Å². The molecule has 0 fully saturated rings. The predicted molar refractivity (Wildman–Crippen MR) is 83.1 cm³/mol. The number of carbonyl (C=O) groups is 1. The lowest BCUT2D eigenvalue weighted by molar-refractivity contribution is 0.145. The lowest BCUT2D eigenvalue weighted by Gasteiger charge is -2.09. The molecule has 118 valence electrons. The molecule has 0 aliphatic carbocycles. The van der Waals surface area contributed by atoms with Crippen LogP contribution in [0.5, 0.6) is 0 Å². The number of sulfone groups is 1. The third kappa shape index (κ3) is 8.31. The van der Waals surface area contributed by atoms with Crippen LogP contribution in [0.25, 0.3) is 0 Å². The summed E-state index contributed by atoms with van der Waals surface area (Å²) in [6, 6.07) is 6.48. The van der Waals surface area contributed by atoms with E-state index in [4.69, 9.17) is 4.74 Å². The van der Waals surface area contributed by atoms with E-state index in [0.717, 1.165) is 6.42 Å². The highest BCUT2D eigenvalue weighted by molar-refractivity contribution is 7.89. The molecule has 0 spiro atoms. The monoisotopic (exact) mass is 314 g/mol. The van der Waals surface area contributed by atoms with E-state index in [-0.39, 0.29) is 11.8 Å². The van der Waals surface area contributed by atoms with E-state index in [1.54, 1.807) is 24.3 Å². The summed E-state index contributed by atoms with van der Waals surface area (Å²) in [7, 11) is -3.09. The number of rotatable bonds is 8. The smallest absolute Gasteiger partial charge is 0.319 e. The largest absolute Gasteiger partial charge is 0.382 e. The maximum atomic E-state index is 11.7. The first kappa shape index (κ1) is 17.5. The molecule has 2 N–H and O–H groups in total. The van der Waals surface area contributed by atoms with Crippen LogP contribution in [0.4, 0.5) is 10.5 Å². The van der Waals surface area contributed by atoms with Crippen LogP contribution in [-0.4, -0.2) is 40.5 Å². The van der Waals surface area contributed by atoms with Gasteiger partial charge in [0.15, 0.2) is 9.84 Å². The molecule has 0 saturated carbocycles. The minimum absolute atomic E-state index is 0.0432. The molecular formula is C14H22N2O4S. The van der Waals surface area contributed by atoms with Crippen LogP contribution < -0.4 is 10.6 Å². The van der Waals surface area contributed by atoms with Crippen LogP contribution in [0.15, 0.2) is 24.3 Å². The minimum Gasteiger partial charge on any atom is -0.382 e. The summed E-state index contributed by atoms with van der Waals surface area (Å²) < 4.78 is 27.7. The van der Waals surface area contributed by atoms with Crippen molar-refractivity contribution in [2.75, 3.05) is 31.3 Å². The van der Waals surface area contributed by atoms with Gasteiger partial charge in [0.1, 0.15) is 0 Å². The first-order chi connectivity index (χ1) is 9.90. The summed E-state index contributed by atoms with van der Waals surface area (Å²) in [4.78, 5) is 11.7.